The molecule has 1 aromatic carbocycles. The standard InChI is InChI=1S/C34H48N4O6SSi/c1-45(41,42)28-9-13-37(14-10-28)22-24-5-7-25(8-6-24)30-20-29-32(33(40)26-11-15-43-16-12-26)27(19-31(35)39)21-36-34(29)38(30)23-44-17-18-46(2,3)4/h5-8,20-21,26,28H,9-19,22-23H2,1-4H3,(H2,35,39). The Morgan fingerprint density at radius 1 is 1.07 bits per heavy atom. The van der Waals surface area contributed by atoms with Gasteiger partial charge in [-0.1, -0.05) is 43.9 Å². The van der Waals surface area contributed by atoms with Crippen LogP contribution in [0.15, 0.2) is 36.5 Å². The Kier molecular flexibility index (Phi) is 10.8. The highest BCUT2D eigenvalue weighted by Gasteiger charge is 2.30. The van der Waals surface area contributed by atoms with Crippen LogP contribution in [-0.2, 0) is 43.8 Å². The number of nitrogens with zero attached hydrogens (tertiary/aromatic N) is 3. The highest BCUT2D eigenvalue weighted by Crippen LogP contribution is 2.34. The van der Waals surface area contributed by atoms with Gasteiger partial charge in [0, 0.05) is 63.8 Å². The van der Waals surface area contributed by atoms with Crippen LogP contribution >= 0.6 is 0 Å². The Bertz CT molecular complexity index is 1650. The van der Waals surface area contributed by atoms with Crippen molar-refractivity contribution >= 4 is 40.6 Å². The molecule has 2 saturated heterocycles. The number of primary amides is 1. The maximum atomic E-state index is 14.0. The number of ether oxygens (including phenoxy) is 2. The number of likely N-dealkylation sites (tertiary alicyclic amines) is 1. The Morgan fingerprint density at radius 2 is 1.74 bits per heavy atom. The highest BCUT2D eigenvalue weighted by atomic mass is 32.2. The van der Waals surface area contributed by atoms with Crippen molar-refractivity contribution in [2.24, 2.45) is 11.7 Å². The monoisotopic (exact) mass is 668 g/mol. The molecule has 0 aliphatic carbocycles. The number of nitrogens with two attached hydrogens (primary N) is 1. The summed E-state index contributed by atoms with van der Waals surface area (Å²) in [5, 5.41) is 0.457. The highest BCUT2D eigenvalue weighted by molar-refractivity contribution is 7.91. The maximum absolute atomic E-state index is 14.0. The number of sulfone groups is 1. The van der Waals surface area contributed by atoms with Gasteiger partial charge in [0.15, 0.2) is 5.78 Å². The third kappa shape index (κ3) is 8.51. The van der Waals surface area contributed by atoms with Crippen LogP contribution in [0.1, 0.15) is 47.2 Å². The number of aromatic nitrogens is 2. The Labute approximate surface area is 273 Å². The maximum Gasteiger partial charge on any atom is 0.221 e. The molecular weight excluding hydrogens is 621 g/mol. The zero-order valence-corrected chi connectivity index (χ0v) is 29.4. The molecule has 0 bridgehead atoms. The molecule has 0 atom stereocenters. The molecular formula is C34H48N4O6SSi. The summed E-state index contributed by atoms with van der Waals surface area (Å²) in [5.41, 5.74) is 10.3. The number of Topliss-reactive ketones (excluding diaryl/α,β-unsaturated/α-hetero) is 1. The minimum absolute atomic E-state index is 0.00490. The molecule has 2 aliphatic heterocycles. The first-order valence-corrected chi connectivity index (χ1v) is 22.0. The molecule has 0 saturated carbocycles. The second-order valence-electron chi connectivity index (χ2n) is 14.1. The number of carbonyl (C=O) groups excluding carboxylic acids is 2. The van der Waals surface area contributed by atoms with Gasteiger partial charge in [0.1, 0.15) is 22.2 Å². The number of benzene rings is 1. The lowest BCUT2D eigenvalue weighted by Gasteiger charge is -2.31. The predicted molar refractivity (Wildman–Crippen MR) is 183 cm³/mol. The normalized spacial score (nSPS) is 17.5. The van der Waals surface area contributed by atoms with E-state index in [1.807, 2.05) is 10.6 Å². The van der Waals surface area contributed by atoms with Crippen LogP contribution < -0.4 is 5.73 Å². The fourth-order valence-electron chi connectivity index (χ4n) is 6.45. The van der Waals surface area contributed by atoms with Gasteiger partial charge in [0.05, 0.1) is 17.4 Å². The number of pyridine rings is 1. The summed E-state index contributed by atoms with van der Waals surface area (Å²) in [6, 6.07) is 11.4. The molecule has 5 rings (SSSR count). The van der Waals surface area contributed by atoms with Crippen molar-refractivity contribution in [3.05, 3.63) is 53.2 Å². The lowest BCUT2D eigenvalue weighted by molar-refractivity contribution is -0.117. The van der Waals surface area contributed by atoms with Gasteiger partial charge in [0.2, 0.25) is 5.91 Å². The SMILES string of the molecule is C[Si](C)(C)CCOCn1c(-c2ccc(CN3CCC(S(C)(=O)=O)CC3)cc2)cc2c(C(=O)C3CCOCC3)c(CC(N)=O)cnc21. The van der Waals surface area contributed by atoms with Gasteiger partial charge in [-0.3, -0.25) is 14.5 Å². The van der Waals surface area contributed by atoms with E-state index in [0.29, 0.717) is 67.7 Å². The molecule has 46 heavy (non-hydrogen) atoms. The molecule has 2 aromatic heterocycles. The van der Waals surface area contributed by atoms with Gasteiger partial charge in [-0.05, 0) is 67.6 Å². The van der Waals surface area contributed by atoms with Gasteiger partial charge in [0.25, 0.3) is 0 Å². The number of ketones is 1. The molecule has 250 valence electrons. The van der Waals surface area contributed by atoms with Crippen LogP contribution in [0.25, 0.3) is 22.3 Å². The molecule has 0 spiro atoms. The number of piperidine rings is 1. The molecule has 12 heteroatoms. The van der Waals surface area contributed by atoms with Crippen molar-refractivity contribution in [3.8, 4) is 11.3 Å². The van der Waals surface area contributed by atoms with Crippen molar-refractivity contribution in [3.63, 3.8) is 0 Å². The number of hydrogen-bond acceptors (Lipinski definition) is 8. The van der Waals surface area contributed by atoms with Gasteiger partial charge in [-0.2, -0.15) is 0 Å². The summed E-state index contributed by atoms with van der Waals surface area (Å²) in [4.78, 5) is 33.2. The molecule has 0 unspecified atom stereocenters. The van der Waals surface area contributed by atoms with E-state index in [0.717, 1.165) is 42.5 Å². The smallest absolute Gasteiger partial charge is 0.221 e. The van der Waals surface area contributed by atoms with E-state index >= 15 is 0 Å². The third-order valence-corrected chi connectivity index (χ3v) is 12.6. The fourth-order valence-corrected chi connectivity index (χ4v) is 8.28. The van der Waals surface area contributed by atoms with Crippen molar-refractivity contribution in [1.82, 2.24) is 14.5 Å². The lowest BCUT2D eigenvalue weighted by atomic mass is 9.87. The third-order valence-electron chi connectivity index (χ3n) is 9.22. The van der Waals surface area contributed by atoms with E-state index < -0.39 is 23.8 Å². The van der Waals surface area contributed by atoms with E-state index in [9.17, 15) is 18.0 Å². The first-order chi connectivity index (χ1) is 21.8. The minimum atomic E-state index is -3.01. The minimum Gasteiger partial charge on any atom is -0.381 e. The first-order valence-electron chi connectivity index (χ1n) is 16.3. The predicted octanol–water partition coefficient (Wildman–Crippen LogP) is 4.66. The average Bonchev–Trinajstić information content (AvgIpc) is 3.37. The van der Waals surface area contributed by atoms with E-state index in [4.69, 9.17) is 20.2 Å². The Morgan fingerprint density at radius 3 is 2.35 bits per heavy atom. The van der Waals surface area contributed by atoms with Gasteiger partial charge >= 0.3 is 0 Å². The fraction of sp³-hybridized carbons (Fsp3) is 0.559. The van der Waals surface area contributed by atoms with Crippen LogP contribution in [0, 0.1) is 5.92 Å². The second kappa shape index (κ2) is 14.5. The number of carbonyl (C=O) groups is 2. The van der Waals surface area contributed by atoms with E-state index in [1.165, 1.54) is 6.26 Å². The number of fused-ring (bicyclic) bond motifs is 1. The summed E-state index contributed by atoms with van der Waals surface area (Å²) in [5.74, 6) is -0.689. The number of rotatable bonds is 13. The Hall–Kier alpha value is -2.90. The van der Waals surface area contributed by atoms with Crippen LogP contribution in [0.5, 0.6) is 0 Å². The van der Waals surface area contributed by atoms with Gasteiger partial charge in [-0.25, -0.2) is 13.4 Å². The lowest BCUT2D eigenvalue weighted by Crippen LogP contribution is -2.38. The molecule has 2 N–H and O–H groups in total. The van der Waals surface area contributed by atoms with Crippen molar-refractivity contribution < 1.29 is 27.5 Å². The van der Waals surface area contributed by atoms with E-state index in [2.05, 4.69) is 48.8 Å². The van der Waals surface area contributed by atoms with Gasteiger partial charge < -0.3 is 19.8 Å². The van der Waals surface area contributed by atoms with Crippen molar-refractivity contribution in [1.29, 1.82) is 0 Å². The van der Waals surface area contributed by atoms with Crippen LogP contribution in [0.3, 0.4) is 0 Å². The second-order valence-corrected chi connectivity index (χ2v) is 22.0. The van der Waals surface area contributed by atoms with Crippen molar-refractivity contribution in [2.45, 2.75) is 76.3 Å². The van der Waals surface area contributed by atoms with E-state index in [-0.39, 0.29) is 30.1 Å². The summed E-state index contributed by atoms with van der Waals surface area (Å²) in [6.07, 6.45) is 5.50. The van der Waals surface area contributed by atoms with E-state index in [1.54, 1.807) is 6.20 Å². The average molecular weight is 669 g/mol. The van der Waals surface area contributed by atoms with Crippen molar-refractivity contribution in [2.75, 3.05) is 39.2 Å². The zero-order chi connectivity index (χ0) is 33.1. The number of amides is 1. The molecule has 0 radical (unpaired) electrons. The van der Waals surface area contributed by atoms with Crippen LogP contribution in [0.2, 0.25) is 25.7 Å². The number of hydrogen-bond donors (Lipinski definition) is 1. The summed E-state index contributed by atoms with van der Waals surface area (Å²) in [7, 11) is -4.30. The Balaban J connectivity index is 1.48. The quantitative estimate of drug-likeness (QED) is 0.158. The summed E-state index contributed by atoms with van der Waals surface area (Å²) < 4.78 is 37.7. The molecule has 2 aliphatic rings. The topological polar surface area (TPSA) is 134 Å². The first kappa shape index (κ1) is 34.4. The molecule has 2 fully saturated rings. The molecule has 10 nitrogen and oxygen atoms in total. The summed E-state index contributed by atoms with van der Waals surface area (Å²) in [6.45, 7) is 11.2. The van der Waals surface area contributed by atoms with Crippen LogP contribution in [-0.4, -0.2) is 87.0 Å². The van der Waals surface area contributed by atoms with Crippen LogP contribution in [0.4, 0.5) is 0 Å². The zero-order valence-electron chi connectivity index (χ0n) is 27.6. The molecule has 1 amide bonds. The molecule has 4 heterocycles. The largest absolute Gasteiger partial charge is 0.381 e. The summed E-state index contributed by atoms with van der Waals surface area (Å²) >= 11 is 0. The van der Waals surface area contributed by atoms with Gasteiger partial charge in [-0.15, -0.1) is 0 Å². The molecule has 3 aromatic rings.